The van der Waals surface area contributed by atoms with Crippen LogP contribution in [0.15, 0.2) is 83.3 Å². The van der Waals surface area contributed by atoms with Crippen LogP contribution >= 0.6 is 23.4 Å². The van der Waals surface area contributed by atoms with Gasteiger partial charge in [-0.25, -0.2) is 5.43 Å². The van der Waals surface area contributed by atoms with Crippen molar-refractivity contribution in [3.8, 4) is 17.1 Å². The third-order valence-corrected chi connectivity index (χ3v) is 5.78. The maximum absolute atomic E-state index is 12.3. The van der Waals surface area contributed by atoms with Gasteiger partial charge < -0.3 is 0 Å². The number of para-hydroxylation sites is 1. The molecule has 4 aromatic rings. The molecule has 0 aliphatic heterocycles. The van der Waals surface area contributed by atoms with Crippen molar-refractivity contribution in [1.82, 2.24) is 25.2 Å². The van der Waals surface area contributed by atoms with Gasteiger partial charge in [0.15, 0.2) is 11.0 Å². The molecule has 170 valence electrons. The van der Waals surface area contributed by atoms with E-state index in [0.29, 0.717) is 16.5 Å². The molecule has 0 atom stereocenters. The topological polar surface area (TPSA) is 128 Å². The second kappa shape index (κ2) is 10.7. The Kier molecular flexibility index (Phi) is 7.25. The fourth-order valence-electron chi connectivity index (χ4n) is 2.94. The number of benzene rings is 2. The molecule has 2 aromatic heterocycles. The van der Waals surface area contributed by atoms with E-state index in [9.17, 15) is 14.9 Å². The van der Waals surface area contributed by atoms with Gasteiger partial charge in [-0.3, -0.25) is 24.5 Å². The van der Waals surface area contributed by atoms with Crippen LogP contribution in [0.5, 0.6) is 0 Å². The Labute approximate surface area is 202 Å². The van der Waals surface area contributed by atoms with E-state index < -0.39 is 10.8 Å². The first kappa shape index (κ1) is 23.1. The Hall–Kier alpha value is -4.09. The zero-order chi connectivity index (χ0) is 23.9. The van der Waals surface area contributed by atoms with Gasteiger partial charge in [-0.05, 0) is 30.3 Å². The molecule has 0 aliphatic carbocycles. The number of hydrazone groups is 1. The van der Waals surface area contributed by atoms with Crippen molar-refractivity contribution in [2.45, 2.75) is 5.16 Å². The number of halogens is 1. The minimum absolute atomic E-state index is 0.0152. The summed E-state index contributed by atoms with van der Waals surface area (Å²) in [5.41, 5.74) is 4.26. The van der Waals surface area contributed by atoms with Gasteiger partial charge in [0.1, 0.15) is 0 Å². The third kappa shape index (κ3) is 5.45. The number of carbonyl (C=O) groups is 1. The summed E-state index contributed by atoms with van der Waals surface area (Å²) in [5, 5.41) is 24.1. The number of thioether (sulfide) groups is 1. The van der Waals surface area contributed by atoms with E-state index in [1.54, 1.807) is 12.4 Å². The van der Waals surface area contributed by atoms with Gasteiger partial charge in [0.25, 0.3) is 11.6 Å². The van der Waals surface area contributed by atoms with Crippen LogP contribution in [-0.4, -0.2) is 42.5 Å². The summed E-state index contributed by atoms with van der Waals surface area (Å²) in [6.45, 7) is 0. The summed E-state index contributed by atoms with van der Waals surface area (Å²) >= 11 is 7.23. The van der Waals surface area contributed by atoms with Gasteiger partial charge in [0.05, 0.1) is 16.9 Å². The van der Waals surface area contributed by atoms with Crippen LogP contribution in [0, 0.1) is 10.1 Å². The number of nitro benzene ring substituents is 1. The second-order valence-corrected chi connectivity index (χ2v) is 8.11. The SMILES string of the molecule is O=C(CSc1nnc(-c2ccncc2)n1-c1ccccc1)NN=Cc1cc([N+](=O)[O-])ccc1Cl. The summed E-state index contributed by atoms with van der Waals surface area (Å²) in [6.07, 6.45) is 4.60. The van der Waals surface area contributed by atoms with Crippen molar-refractivity contribution in [2.24, 2.45) is 5.10 Å². The molecule has 0 unspecified atom stereocenters. The molecule has 0 radical (unpaired) electrons. The first-order chi connectivity index (χ1) is 16.5. The number of aromatic nitrogens is 4. The van der Waals surface area contributed by atoms with E-state index in [0.717, 1.165) is 11.3 Å². The van der Waals surface area contributed by atoms with Crippen molar-refractivity contribution in [2.75, 3.05) is 5.75 Å². The molecule has 0 saturated heterocycles. The van der Waals surface area contributed by atoms with Crippen LogP contribution in [0.3, 0.4) is 0 Å². The number of hydrogen-bond donors (Lipinski definition) is 1. The van der Waals surface area contributed by atoms with Gasteiger partial charge in [-0.2, -0.15) is 5.10 Å². The van der Waals surface area contributed by atoms with Crippen LogP contribution < -0.4 is 5.43 Å². The Balaban J connectivity index is 1.47. The smallest absolute Gasteiger partial charge is 0.270 e. The predicted octanol–water partition coefficient (Wildman–Crippen LogP) is 4.13. The summed E-state index contributed by atoms with van der Waals surface area (Å²) in [4.78, 5) is 26.8. The molecule has 0 aliphatic rings. The fraction of sp³-hybridized carbons (Fsp3) is 0.0455. The number of nitrogens with one attached hydrogen (secondary N) is 1. The molecule has 2 aromatic carbocycles. The van der Waals surface area contributed by atoms with Crippen LogP contribution in [-0.2, 0) is 4.79 Å². The van der Waals surface area contributed by atoms with Crippen LogP contribution in [0.2, 0.25) is 5.02 Å². The lowest BCUT2D eigenvalue weighted by Gasteiger charge is -2.10. The maximum atomic E-state index is 12.3. The summed E-state index contributed by atoms with van der Waals surface area (Å²) in [7, 11) is 0. The zero-order valence-electron chi connectivity index (χ0n) is 17.4. The van der Waals surface area contributed by atoms with Crippen molar-refractivity contribution in [3.63, 3.8) is 0 Å². The largest absolute Gasteiger partial charge is 0.272 e. The monoisotopic (exact) mass is 493 g/mol. The van der Waals surface area contributed by atoms with Gasteiger partial charge in [-0.1, -0.05) is 41.6 Å². The molecule has 1 N–H and O–H groups in total. The summed E-state index contributed by atoms with van der Waals surface area (Å²) in [6, 6.07) is 17.2. The third-order valence-electron chi connectivity index (χ3n) is 4.50. The highest BCUT2D eigenvalue weighted by Gasteiger charge is 2.17. The molecule has 0 spiro atoms. The second-order valence-electron chi connectivity index (χ2n) is 6.76. The van der Waals surface area contributed by atoms with Gasteiger partial charge >= 0.3 is 0 Å². The van der Waals surface area contributed by atoms with Gasteiger partial charge in [-0.15, -0.1) is 10.2 Å². The molecule has 0 bridgehead atoms. The van der Waals surface area contributed by atoms with E-state index in [2.05, 4.69) is 25.7 Å². The number of hydrogen-bond acceptors (Lipinski definition) is 8. The first-order valence-electron chi connectivity index (χ1n) is 9.83. The van der Waals surface area contributed by atoms with Gasteiger partial charge in [0.2, 0.25) is 0 Å². The fourth-order valence-corrected chi connectivity index (χ4v) is 3.85. The molecule has 12 heteroatoms. The van der Waals surface area contributed by atoms with Crippen LogP contribution in [0.25, 0.3) is 17.1 Å². The Morgan fingerprint density at radius 2 is 1.91 bits per heavy atom. The summed E-state index contributed by atoms with van der Waals surface area (Å²) < 4.78 is 1.86. The number of carbonyl (C=O) groups excluding carboxylic acids is 1. The molecule has 34 heavy (non-hydrogen) atoms. The van der Waals surface area contributed by atoms with Gasteiger partial charge in [0, 0.05) is 46.4 Å². The molecular weight excluding hydrogens is 478 g/mol. The molecular formula is C22H16ClN7O3S. The van der Waals surface area contributed by atoms with Crippen molar-refractivity contribution < 1.29 is 9.72 Å². The lowest BCUT2D eigenvalue weighted by Crippen LogP contribution is -2.20. The van der Waals surface area contributed by atoms with E-state index in [1.807, 2.05) is 47.0 Å². The van der Waals surface area contributed by atoms with Crippen molar-refractivity contribution >= 4 is 41.2 Å². The highest BCUT2D eigenvalue weighted by atomic mass is 35.5. The normalized spacial score (nSPS) is 11.0. The highest BCUT2D eigenvalue weighted by molar-refractivity contribution is 7.99. The van der Waals surface area contributed by atoms with E-state index in [1.165, 1.54) is 36.2 Å². The van der Waals surface area contributed by atoms with E-state index in [-0.39, 0.29) is 16.5 Å². The molecule has 4 rings (SSSR count). The number of nitro groups is 1. The van der Waals surface area contributed by atoms with E-state index >= 15 is 0 Å². The number of non-ortho nitro benzene ring substituents is 1. The number of nitrogens with zero attached hydrogens (tertiary/aromatic N) is 6. The maximum Gasteiger partial charge on any atom is 0.270 e. The van der Waals surface area contributed by atoms with Crippen LogP contribution in [0.4, 0.5) is 5.69 Å². The minimum Gasteiger partial charge on any atom is -0.272 e. The predicted molar refractivity (Wildman–Crippen MR) is 129 cm³/mol. The average Bonchev–Trinajstić information content (AvgIpc) is 3.29. The quantitative estimate of drug-likeness (QED) is 0.169. The van der Waals surface area contributed by atoms with E-state index in [4.69, 9.17) is 11.6 Å². The Morgan fingerprint density at radius 1 is 1.15 bits per heavy atom. The first-order valence-corrected chi connectivity index (χ1v) is 11.2. The average molecular weight is 494 g/mol. The number of pyridine rings is 1. The standard InChI is InChI=1S/C22H16ClN7O3S/c23-19-7-6-18(30(32)33)12-16(19)13-25-26-20(31)14-34-22-28-27-21(15-8-10-24-11-9-15)29(22)17-4-2-1-3-5-17/h1-13H,14H2,(H,26,31). The number of rotatable bonds is 8. The molecule has 2 heterocycles. The minimum atomic E-state index is -0.536. The lowest BCUT2D eigenvalue weighted by molar-refractivity contribution is -0.384. The van der Waals surface area contributed by atoms with Crippen molar-refractivity contribution in [3.05, 3.63) is 93.8 Å². The Morgan fingerprint density at radius 3 is 2.65 bits per heavy atom. The molecule has 0 saturated carbocycles. The summed E-state index contributed by atoms with van der Waals surface area (Å²) in [5.74, 6) is 0.243. The molecule has 10 nitrogen and oxygen atoms in total. The lowest BCUT2D eigenvalue weighted by atomic mass is 10.2. The molecule has 1 amide bonds. The highest BCUT2D eigenvalue weighted by Crippen LogP contribution is 2.27. The Bertz CT molecular complexity index is 1350. The number of amides is 1. The zero-order valence-corrected chi connectivity index (χ0v) is 19.0. The molecule has 0 fully saturated rings. The van der Waals surface area contributed by atoms with Crippen LogP contribution in [0.1, 0.15) is 5.56 Å². The van der Waals surface area contributed by atoms with Crippen molar-refractivity contribution in [1.29, 1.82) is 0 Å².